The average Bonchev–Trinajstić information content (AvgIpc) is 3.49. The van der Waals surface area contributed by atoms with Gasteiger partial charge in [0, 0.05) is 24.7 Å². The molecule has 0 bridgehead atoms. The van der Waals surface area contributed by atoms with Crippen LogP contribution in [0, 0.1) is 12.3 Å². The van der Waals surface area contributed by atoms with Gasteiger partial charge in [0.1, 0.15) is 12.1 Å². The maximum atomic E-state index is 13.7. The molecule has 1 aromatic carbocycles. The highest BCUT2D eigenvalue weighted by Gasteiger charge is 2.44. The van der Waals surface area contributed by atoms with Crippen LogP contribution in [0.25, 0.3) is 10.4 Å². The van der Waals surface area contributed by atoms with Gasteiger partial charge in [0.15, 0.2) is 0 Å². The van der Waals surface area contributed by atoms with Crippen molar-refractivity contribution in [1.29, 1.82) is 0 Å². The van der Waals surface area contributed by atoms with E-state index in [0.29, 0.717) is 6.42 Å². The largest absolute Gasteiger partial charge is 0.391 e. The Balaban J connectivity index is 1.68. The van der Waals surface area contributed by atoms with Crippen LogP contribution in [-0.2, 0) is 14.4 Å². The fourth-order valence-corrected chi connectivity index (χ4v) is 6.01. The van der Waals surface area contributed by atoms with E-state index in [1.165, 1.54) is 4.90 Å². The van der Waals surface area contributed by atoms with E-state index in [0.717, 1.165) is 46.3 Å². The number of benzene rings is 1. The van der Waals surface area contributed by atoms with E-state index >= 15 is 0 Å². The van der Waals surface area contributed by atoms with Crippen LogP contribution >= 0.6 is 27.3 Å². The Labute approximate surface area is 244 Å². The minimum absolute atomic E-state index is 0.0574. The average molecular weight is 622 g/mol. The summed E-state index contributed by atoms with van der Waals surface area (Å²) in [4.78, 5) is 46.6. The number of thiazole rings is 1. The Morgan fingerprint density at radius 1 is 1.15 bits per heavy atom. The van der Waals surface area contributed by atoms with E-state index in [4.69, 9.17) is 0 Å². The Morgan fingerprint density at radius 3 is 2.44 bits per heavy atom. The molecule has 0 saturated carbocycles. The Bertz CT molecular complexity index is 1130. The monoisotopic (exact) mass is 620 g/mol. The molecule has 0 radical (unpaired) electrons. The molecule has 2 heterocycles. The van der Waals surface area contributed by atoms with Crippen molar-refractivity contribution in [1.82, 2.24) is 20.5 Å². The van der Waals surface area contributed by atoms with Crippen LogP contribution in [0.1, 0.15) is 77.1 Å². The molecule has 214 valence electrons. The molecule has 8 nitrogen and oxygen atoms in total. The zero-order valence-corrected chi connectivity index (χ0v) is 25.9. The van der Waals surface area contributed by atoms with Crippen molar-refractivity contribution in [3.8, 4) is 10.4 Å². The Morgan fingerprint density at radius 2 is 1.85 bits per heavy atom. The maximum absolute atomic E-state index is 13.7. The number of halogens is 1. The first kappa shape index (κ1) is 31.2. The summed E-state index contributed by atoms with van der Waals surface area (Å²) in [5.74, 6) is -0.835. The number of aliphatic hydroxyl groups excluding tert-OH is 1. The van der Waals surface area contributed by atoms with E-state index in [1.807, 2.05) is 64.4 Å². The van der Waals surface area contributed by atoms with Crippen LogP contribution in [0.4, 0.5) is 0 Å². The summed E-state index contributed by atoms with van der Waals surface area (Å²) < 4.78 is 0. The van der Waals surface area contributed by atoms with Gasteiger partial charge in [0.2, 0.25) is 17.7 Å². The summed E-state index contributed by atoms with van der Waals surface area (Å²) in [5, 5.41) is 17.3. The standard InChI is InChI=1S/C29H41BrN4O4S/c1-18(20-10-12-21(13-11-20)25-19(2)31-17-39-25)32-27(37)23-15-22(35)16-34(23)28(38)26(29(3,4)5)33-24(36)9-7-6-8-14-30/h10-13,17-18,22-23,26,35H,6-9,14-16H2,1-5H3,(H,32,37)(H,33,36)/t18-,22+,23-,26?/m0/s1. The zero-order chi connectivity index (χ0) is 28.7. The lowest BCUT2D eigenvalue weighted by molar-refractivity contribution is -0.144. The van der Waals surface area contributed by atoms with Crippen LogP contribution in [0.3, 0.4) is 0 Å². The molecule has 0 aliphatic carbocycles. The SMILES string of the molecule is Cc1ncsc1-c1ccc([C@H](C)NC(=O)[C@@H]2C[C@@H](O)CN2C(=O)C(NC(=O)CCCCCBr)C(C)(C)C)cc1. The number of unbranched alkanes of at least 4 members (excludes halogenated alkanes) is 2. The first-order valence-electron chi connectivity index (χ1n) is 13.6. The van der Waals surface area contributed by atoms with Gasteiger partial charge in [-0.25, -0.2) is 4.98 Å². The number of hydrogen-bond donors (Lipinski definition) is 3. The zero-order valence-electron chi connectivity index (χ0n) is 23.5. The number of aliphatic hydroxyl groups is 1. The second kappa shape index (κ2) is 13.9. The van der Waals surface area contributed by atoms with Gasteiger partial charge in [-0.15, -0.1) is 11.3 Å². The molecule has 3 amide bonds. The third-order valence-electron chi connectivity index (χ3n) is 7.10. The van der Waals surface area contributed by atoms with Crippen LogP contribution < -0.4 is 10.6 Å². The van der Waals surface area contributed by atoms with E-state index in [1.54, 1.807) is 11.3 Å². The summed E-state index contributed by atoms with van der Waals surface area (Å²) in [6, 6.07) is 6.09. The molecule has 1 unspecified atom stereocenters. The third-order valence-corrected chi connectivity index (χ3v) is 8.64. The topological polar surface area (TPSA) is 112 Å². The number of rotatable bonds is 11. The van der Waals surface area contributed by atoms with E-state index in [2.05, 4.69) is 31.5 Å². The number of aromatic nitrogens is 1. The summed E-state index contributed by atoms with van der Waals surface area (Å²) in [6.45, 7) is 9.61. The molecule has 1 aliphatic rings. The Kier molecular flexibility index (Phi) is 11.1. The molecule has 1 aromatic heterocycles. The predicted octanol–water partition coefficient (Wildman–Crippen LogP) is 4.74. The van der Waals surface area contributed by atoms with Crippen molar-refractivity contribution in [2.24, 2.45) is 5.41 Å². The van der Waals surface area contributed by atoms with Gasteiger partial charge in [0.05, 0.1) is 28.2 Å². The molecular formula is C29H41BrN4O4S. The lowest BCUT2D eigenvalue weighted by Crippen LogP contribution is -2.57. The van der Waals surface area contributed by atoms with Crippen molar-refractivity contribution < 1.29 is 19.5 Å². The number of aryl methyl sites for hydroxylation is 1. The highest BCUT2D eigenvalue weighted by molar-refractivity contribution is 9.09. The number of alkyl halides is 1. The molecule has 0 spiro atoms. The van der Waals surface area contributed by atoms with E-state index in [9.17, 15) is 19.5 Å². The second-order valence-corrected chi connectivity index (χ2v) is 13.0. The van der Waals surface area contributed by atoms with Crippen molar-refractivity contribution in [3.63, 3.8) is 0 Å². The van der Waals surface area contributed by atoms with Crippen molar-refractivity contribution in [2.45, 2.75) is 91.0 Å². The molecule has 1 saturated heterocycles. The van der Waals surface area contributed by atoms with E-state index in [-0.39, 0.29) is 36.7 Å². The molecule has 10 heteroatoms. The molecule has 1 aliphatic heterocycles. The van der Waals surface area contributed by atoms with Gasteiger partial charge in [-0.1, -0.05) is 67.4 Å². The second-order valence-electron chi connectivity index (χ2n) is 11.4. The molecule has 4 atom stereocenters. The highest BCUT2D eigenvalue weighted by atomic mass is 79.9. The van der Waals surface area contributed by atoms with Crippen LogP contribution in [-0.4, -0.2) is 62.8 Å². The Hall–Kier alpha value is -2.30. The molecule has 3 N–H and O–H groups in total. The predicted molar refractivity (Wildman–Crippen MR) is 159 cm³/mol. The molecule has 2 aromatic rings. The maximum Gasteiger partial charge on any atom is 0.246 e. The van der Waals surface area contributed by atoms with Gasteiger partial charge in [-0.2, -0.15) is 0 Å². The minimum atomic E-state index is -0.810. The number of carbonyl (C=O) groups excluding carboxylic acids is 3. The fourth-order valence-electron chi connectivity index (χ4n) is 4.81. The van der Waals surface area contributed by atoms with Crippen LogP contribution in [0.2, 0.25) is 0 Å². The summed E-state index contributed by atoms with van der Waals surface area (Å²) >= 11 is 4.99. The van der Waals surface area contributed by atoms with Crippen LogP contribution in [0.15, 0.2) is 29.8 Å². The number of hydrogen-bond acceptors (Lipinski definition) is 6. The number of carbonyl (C=O) groups is 3. The van der Waals surface area contributed by atoms with Gasteiger partial charge < -0.3 is 20.6 Å². The minimum Gasteiger partial charge on any atom is -0.391 e. The smallest absolute Gasteiger partial charge is 0.246 e. The normalized spacial score (nSPS) is 19.0. The fraction of sp³-hybridized carbons (Fsp3) is 0.586. The van der Waals surface area contributed by atoms with Crippen molar-refractivity contribution in [3.05, 3.63) is 41.0 Å². The van der Waals surface area contributed by atoms with Crippen LogP contribution in [0.5, 0.6) is 0 Å². The molecule has 39 heavy (non-hydrogen) atoms. The van der Waals surface area contributed by atoms with Gasteiger partial charge in [-0.3, -0.25) is 14.4 Å². The summed E-state index contributed by atoms with van der Waals surface area (Å²) in [5.41, 5.74) is 4.25. The molecular weight excluding hydrogens is 580 g/mol. The summed E-state index contributed by atoms with van der Waals surface area (Å²) in [7, 11) is 0. The van der Waals surface area contributed by atoms with Crippen molar-refractivity contribution in [2.75, 3.05) is 11.9 Å². The highest BCUT2D eigenvalue weighted by Crippen LogP contribution is 2.29. The number of nitrogens with one attached hydrogen (secondary N) is 2. The number of amides is 3. The number of β-amino-alcohol motifs (C(OH)–C–C–N with tert-alkyl or cyclic N) is 1. The van der Waals surface area contributed by atoms with Gasteiger partial charge in [0.25, 0.3) is 0 Å². The first-order chi connectivity index (χ1) is 18.4. The van der Waals surface area contributed by atoms with E-state index < -0.39 is 23.6 Å². The lowest BCUT2D eigenvalue weighted by Gasteiger charge is -2.35. The lowest BCUT2D eigenvalue weighted by atomic mass is 9.85. The third kappa shape index (κ3) is 8.35. The number of likely N-dealkylation sites (tertiary alicyclic amines) is 1. The summed E-state index contributed by atoms with van der Waals surface area (Å²) in [6.07, 6.45) is 2.37. The first-order valence-corrected chi connectivity index (χ1v) is 15.6. The molecule has 3 rings (SSSR count). The number of nitrogens with zero attached hydrogens (tertiary/aromatic N) is 2. The van der Waals surface area contributed by atoms with Gasteiger partial charge >= 0.3 is 0 Å². The quantitative estimate of drug-likeness (QED) is 0.248. The van der Waals surface area contributed by atoms with Crippen molar-refractivity contribution >= 4 is 45.0 Å². The van der Waals surface area contributed by atoms with Gasteiger partial charge in [-0.05, 0) is 43.2 Å². The molecule has 1 fully saturated rings.